The maximum atomic E-state index is 12.8. The van der Waals surface area contributed by atoms with Gasteiger partial charge in [0.05, 0.1) is 17.3 Å². The average molecular weight is 383 g/mol. The van der Waals surface area contributed by atoms with Crippen LogP contribution in [-0.4, -0.2) is 9.97 Å². The Morgan fingerprint density at radius 2 is 1.90 bits per heavy atom. The molecule has 2 aromatic carbocycles. The number of hydrogen-bond donors (Lipinski definition) is 1. The first-order valence-corrected chi connectivity index (χ1v) is 10.4. The number of aromatic nitrogens is 2. The Balaban J connectivity index is 1.61. The van der Waals surface area contributed by atoms with E-state index in [4.69, 9.17) is 4.98 Å². The summed E-state index contributed by atoms with van der Waals surface area (Å²) < 4.78 is 0. The first kappa shape index (κ1) is 19.1. The molecule has 4 rings (SSSR count). The van der Waals surface area contributed by atoms with E-state index in [1.165, 1.54) is 0 Å². The van der Waals surface area contributed by atoms with Crippen LogP contribution in [0.2, 0.25) is 0 Å². The molecule has 4 heteroatoms. The van der Waals surface area contributed by atoms with Crippen LogP contribution in [0.1, 0.15) is 66.7 Å². The highest BCUT2D eigenvalue weighted by molar-refractivity contribution is 5.70. The van der Waals surface area contributed by atoms with Crippen LogP contribution in [-0.2, 0) is 12.8 Å². The summed E-state index contributed by atoms with van der Waals surface area (Å²) in [6, 6.07) is 18.0. The van der Waals surface area contributed by atoms with Crippen molar-refractivity contribution in [2.24, 2.45) is 0 Å². The Bertz CT molecular complexity index is 1100. The quantitative estimate of drug-likeness (QED) is 0.616. The Labute approximate surface area is 171 Å². The first-order valence-electron chi connectivity index (χ1n) is 10.4. The van der Waals surface area contributed by atoms with Crippen LogP contribution < -0.4 is 5.56 Å². The van der Waals surface area contributed by atoms with Crippen LogP contribution in [0, 0.1) is 11.3 Å². The second kappa shape index (κ2) is 8.45. The van der Waals surface area contributed by atoms with Gasteiger partial charge in [-0.2, -0.15) is 5.26 Å². The minimum atomic E-state index is 0.00639. The molecule has 0 atom stereocenters. The zero-order chi connectivity index (χ0) is 20.2. The number of nitrogens with one attached hydrogen (secondary N) is 1. The summed E-state index contributed by atoms with van der Waals surface area (Å²) in [5.74, 6) is 1.26. The van der Waals surface area contributed by atoms with Crippen molar-refractivity contribution in [3.63, 3.8) is 0 Å². The number of aryl methyl sites for hydroxylation is 1. The van der Waals surface area contributed by atoms with Gasteiger partial charge in [-0.15, -0.1) is 0 Å². The Morgan fingerprint density at radius 1 is 1.14 bits per heavy atom. The summed E-state index contributed by atoms with van der Waals surface area (Å²) in [5, 5.41) is 9.33. The number of nitriles is 1. The minimum absolute atomic E-state index is 0.00639. The molecule has 0 radical (unpaired) electrons. The van der Waals surface area contributed by atoms with Crippen molar-refractivity contribution in [2.75, 3.05) is 0 Å². The Hall–Kier alpha value is -3.19. The molecule has 4 nitrogen and oxygen atoms in total. The molecule has 1 aliphatic rings. The molecule has 3 aromatic rings. The van der Waals surface area contributed by atoms with Crippen molar-refractivity contribution in [2.45, 2.75) is 51.4 Å². The summed E-state index contributed by atoms with van der Waals surface area (Å²) in [6.45, 7) is 2.15. The lowest BCUT2D eigenvalue weighted by molar-refractivity contribution is 0.731. The third-order valence-electron chi connectivity index (χ3n) is 5.52. The van der Waals surface area contributed by atoms with E-state index in [1.807, 2.05) is 48.5 Å². The van der Waals surface area contributed by atoms with E-state index < -0.39 is 0 Å². The van der Waals surface area contributed by atoms with E-state index in [0.717, 1.165) is 65.9 Å². The van der Waals surface area contributed by atoms with E-state index in [-0.39, 0.29) is 5.56 Å². The van der Waals surface area contributed by atoms with Gasteiger partial charge in [-0.25, -0.2) is 4.98 Å². The molecule has 1 aromatic heterocycles. The maximum Gasteiger partial charge on any atom is 0.254 e. The lowest BCUT2D eigenvalue weighted by Gasteiger charge is -2.11. The number of rotatable bonds is 7. The summed E-state index contributed by atoms with van der Waals surface area (Å²) in [5.41, 5.74) is 5.50. The largest absolute Gasteiger partial charge is 0.310 e. The normalized spacial score (nSPS) is 13.2. The summed E-state index contributed by atoms with van der Waals surface area (Å²) in [7, 11) is 0. The van der Waals surface area contributed by atoms with E-state index in [2.05, 4.69) is 18.0 Å². The molecule has 1 fully saturated rings. The second-order valence-corrected chi connectivity index (χ2v) is 7.79. The van der Waals surface area contributed by atoms with Crippen LogP contribution in [0.15, 0.2) is 53.3 Å². The zero-order valence-electron chi connectivity index (χ0n) is 16.7. The standard InChI is InChI=1S/C25H25N3O/c1-2-3-8-23-27-24(19-13-14-19)22(25(29)28-23)15-17-9-11-18(12-10-17)21-7-5-4-6-20(21)16-26/h4-7,9-12,19H,2-3,8,13-15H2,1H3,(H,27,28,29). The fourth-order valence-electron chi connectivity index (χ4n) is 3.73. The lowest BCUT2D eigenvalue weighted by atomic mass is 9.97. The number of hydrogen-bond acceptors (Lipinski definition) is 3. The zero-order valence-corrected chi connectivity index (χ0v) is 16.7. The van der Waals surface area contributed by atoms with Gasteiger partial charge >= 0.3 is 0 Å². The SMILES string of the molecule is CCCCc1nc(C2CC2)c(Cc2ccc(-c3ccccc3C#N)cc2)c(=O)[nH]1. The van der Waals surface area contributed by atoms with Gasteiger partial charge in [0.25, 0.3) is 5.56 Å². The van der Waals surface area contributed by atoms with E-state index >= 15 is 0 Å². The molecule has 0 unspecified atom stereocenters. The van der Waals surface area contributed by atoms with Gasteiger partial charge < -0.3 is 4.98 Å². The van der Waals surface area contributed by atoms with Crippen molar-refractivity contribution in [1.82, 2.24) is 9.97 Å². The third-order valence-corrected chi connectivity index (χ3v) is 5.52. The van der Waals surface area contributed by atoms with Gasteiger partial charge in [0.15, 0.2) is 0 Å². The van der Waals surface area contributed by atoms with Crippen LogP contribution in [0.4, 0.5) is 0 Å². The first-order chi connectivity index (χ1) is 14.2. The molecule has 0 bridgehead atoms. The molecular weight excluding hydrogens is 358 g/mol. The van der Waals surface area contributed by atoms with Gasteiger partial charge in [-0.1, -0.05) is 55.8 Å². The topological polar surface area (TPSA) is 69.5 Å². The van der Waals surface area contributed by atoms with Gasteiger partial charge in [0.1, 0.15) is 5.82 Å². The summed E-state index contributed by atoms with van der Waals surface area (Å²) in [6.07, 6.45) is 5.80. The van der Waals surface area contributed by atoms with Crippen molar-refractivity contribution < 1.29 is 0 Å². The monoisotopic (exact) mass is 383 g/mol. The van der Waals surface area contributed by atoms with E-state index in [1.54, 1.807) is 0 Å². The number of benzene rings is 2. The van der Waals surface area contributed by atoms with E-state index in [9.17, 15) is 10.1 Å². The molecule has 0 amide bonds. The summed E-state index contributed by atoms with van der Waals surface area (Å²) in [4.78, 5) is 20.6. The fraction of sp³-hybridized carbons (Fsp3) is 0.320. The van der Waals surface area contributed by atoms with Crippen LogP contribution in [0.25, 0.3) is 11.1 Å². The molecule has 1 N–H and O–H groups in total. The lowest BCUT2D eigenvalue weighted by Crippen LogP contribution is -2.20. The second-order valence-electron chi connectivity index (χ2n) is 7.79. The predicted molar refractivity (Wildman–Crippen MR) is 115 cm³/mol. The summed E-state index contributed by atoms with van der Waals surface area (Å²) >= 11 is 0. The third kappa shape index (κ3) is 4.30. The molecular formula is C25H25N3O. The van der Waals surface area contributed by atoms with Crippen LogP contribution in [0.5, 0.6) is 0 Å². The Morgan fingerprint density at radius 3 is 2.59 bits per heavy atom. The number of H-pyrrole nitrogens is 1. The average Bonchev–Trinajstić information content (AvgIpc) is 3.59. The highest BCUT2D eigenvalue weighted by Crippen LogP contribution is 2.40. The molecule has 1 heterocycles. The highest BCUT2D eigenvalue weighted by Gasteiger charge is 2.29. The fourth-order valence-corrected chi connectivity index (χ4v) is 3.73. The molecule has 0 aliphatic heterocycles. The molecule has 29 heavy (non-hydrogen) atoms. The molecule has 1 saturated carbocycles. The molecule has 0 saturated heterocycles. The van der Waals surface area contributed by atoms with Crippen molar-refractivity contribution >= 4 is 0 Å². The van der Waals surface area contributed by atoms with Crippen LogP contribution >= 0.6 is 0 Å². The van der Waals surface area contributed by atoms with Gasteiger partial charge in [0, 0.05) is 24.3 Å². The maximum absolute atomic E-state index is 12.8. The molecule has 1 aliphatic carbocycles. The van der Waals surface area contributed by atoms with Gasteiger partial charge in [0.2, 0.25) is 0 Å². The van der Waals surface area contributed by atoms with Gasteiger partial charge in [-0.3, -0.25) is 4.79 Å². The molecule has 146 valence electrons. The van der Waals surface area contributed by atoms with Gasteiger partial charge in [-0.05, 0) is 42.0 Å². The number of aromatic amines is 1. The van der Waals surface area contributed by atoms with Crippen molar-refractivity contribution in [3.8, 4) is 17.2 Å². The van der Waals surface area contributed by atoms with Crippen LogP contribution in [0.3, 0.4) is 0 Å². The number of nitrogens with zero attached hydrogens (tertiary/aromatic N) is 2. The Kier molecular flexibility index (Phi) is 5.57. The van der Waals surface area contributed by atoms with Crippen molar-refractivity contribution in [3.05, 3.63) is 87.1 Å². The molecule has 0 spiro atoms. The number of unbranched alkanes of at least 4 members (excludes halogenated alkanes) is 1. The smallest absolute Gasteiger partial charge is 0.254 e. The minimum Gasteiger partial charge on any atom is -0.310 e. The predicted octanol–water partition coefficient (Wildman–Crippen LogP) is 5.12. The highest BCUT2D eigenvalue weighted by atomic mass is 16.1. The van der Waals surface area contributed by atoms with Crippen molar-refractivity contribution in [1.29, 1.82) is 5.26 Å². The van der Waals surface area contributed by atoms with E-state index in [0.29, 0.717) is 17.9 Å².